The molecule has 0 heterocycles. The Labute approximate surface area is 101 Å². The third kappa shape index (κ3) is 2.59. The summed E-state index contributed by atoms with van der Waals surface area (Å²) >= 11 is 0. The summed E-state index contributed by atoms with van der Waals surface area (Å²) in [6, 6.07) is 4.66. The highest BCUT2D eigenvalue weighted by molar-refractivity contribution is 7.89. The van der Waals surface area contributed by atoms with Gasteiger partial charge in [0, 0.05) is 6.04 Å². The number of nitrogens with two attached hydrogens (primary N) is 1. The minimum Gasteiger partial charge on any atom is -0.398 e. The second-order valence-electron chi connectivity index (χ2n) is 4.48. The summed E-state index contributed by atoms with van der Waals surface area (Å²) < 4.78 is 26.5. The van der Waals surface area contributed by atoms with Gasteiger partial charge in [0.05, 0.1) is 11.8 Å². The van der Waals surface area contributed by atoms with Gasteiger partial charge in [-0.3, -0.25) is 0 Å². The van der Waals surface area contributed by atoms with Gasteiger partial charge in [0.1, 0.15) is 4.90 Å². The molecular formula is C11H16N2O3S. The number of aliphatic hydroxyl groups excluding tert-OH is 1. The van der Waals surface area contributed by atoms with Gasteiger partial charge in [0.15, 0.2) is 0 Å². The van der Waals surface area contributed by atoms with Gasteiger partial charge >= 0.3 is 0 Å². The third-order valence-electron chi connectivity index (χ3n) is 2.89. The maximum absolute atomic E-state index is 12.0. The lowest BCUT2D eigenvalue weighted by molar-refractivity contribution is 0.0712. The fraction of sp³-hybridized carbons (Fsp3) is 0.455. The maximum Gasteiger partial charge on any atom is 0.242 e. The molecule has 17 heavy (non-hydrogen) atoms. The van der Waals surface area contributed by atoms with Crippen LogP contribution in [0.15, 0.2) is 23.1 Å². The quantitative estimate of drug-likeness (QED) is 0.682. The maximum atomic E-state index is 12.0. The van der Waals surface area contributed by atoms with Crippen molar-refractivity contribution in [2.45, 2.75) is 36.8 Å². The van der Waals surface area contributed by atoms with E-state index in [4.69, 9.17) is 10.8 Å². The Kier molecular flexibility index (Phi) is 3.11. The third-order valence-corrected chi connectivity index (χ3v) is 4.48. The van der Waals surface area contributed by atoms with E-state index in [1.54, 1.807) is 12.1 Å². The highest BCUT2D eigenvalue weighted by Gasteiger charge is 2.31. The Bertz CT molecular complexity index is 522. The summed E-state index contributed by atoms with van der Waals surface area (Å²) in [5, 5.41) is 9.12. The monoisotopic (exact) mass is 256 g/mol. The molecule has 1 aromatic carbocycles. The normalized spacial score (nSPS) is 24.4. The molecule has 1 fully saturated rings. The molecule has 0 amide bonds. The summed E-state index contributed by atoms with van der Waals surface area (Å²) in [5.41, 5.74) is 6.87. The topological polar surface area (TPSA) is 92.4 Å². The number of benzene rings is 1. The van der Waals surface area contributed by atoms with Gasteiger partial charge in [-0.2, -0.15) is 0 Å². The second-order valence-corrected chi connectivity index (χ2v) is 6.17. The molecule has 1 aromatic rings. The van der Waals surface area contributed by atoms with E-state index in [-0.39, 0.29) is 16.6 Å². The number of nitrogen functional groups attached to an aromatic ring is 1. The van der Waals surface area contributed by atoms with Crippen LogP contribution in [-0.2, 0) is 10.0 Å². The number of rotatable bonds is 3. The molecule has 1 aliphatic carbocycles. The van der Waals surface area contributed by atoms with Crippen LogP contribution in [0.25, 0.3) is 0 Å². The fourth-order valence-electron chi connectivity index (χ4n) is 1.88. The molecule has 0 radical (unpaired) electrons. The molecule has 1 saturated carbocycles. The Morgan fingerprint density at radius 3 is 2.59 bits per heavy atom. The zero-order valence-corrected chi connectivity index (χ0v) is 10.4. The molecule has 0 bridgehead atoms. The lowest BCUT2D eigenvalue weighted by Crippen LogP contribution is -2.46. The van der Waals surface area contributed by atoms with Gasteiger partial charge in [-0.05, 0) is 37.5 Å². The van der Waals surface area contributed by atoms with Crippen LogP contribution in [-0.4, -0.2) is 25.7 Å². The second kappa shape index (κ2) is 4.29. The van der Waals surface area contributed by atoms with Crippen LogP contribution < -0.4 is 10.5 Å². The smallest absolute Gasteiger partial charge is 0.242 e. The van der Waals surface area contributed by atoms with E-state index in [0.717, 1.165) is 5.56 Å². The Morgan fingerprint density at radius 2 is 2.06 bits per heavy atom. The van der Waals surface area contributed by atoms with Gasteiger partial charge in [0.25, 0.3) is 0 Å². The molecule has 1 aliphatic rings. The molecule has 6 heteroatoms. The summed E-state index contributed by atoms with van der Waals surface area (Å²) in [6.45, 7) is 1.85. The number of nitrogens with one attached hydrogen (secondary N) is 1. The average Bonchev–Trinajstić information content (AvgIpc) is 2.14. The summed E-state index contributed by atoms with van der Waals surface area (Å²) in [6.07, 6.45) is 0.536. The fourth-order valence-corrected chi connectivity index (χ4v) is 3.25. The number of anilines is 1. The Balaban J connectivity index is 2.20. The standard InChI is InChI=1S/C11H16N2O3S/c1-7-2-3-11(10(12)4-7)17(15,16)13-8-5-9(14)6-8/h2-4,8-9,13-14H,5-6,12H2,1H3. The van der Waals surface area contributed by atoms with Crippen molar-refractivity contribution in [1.82, 2.24) is 4.72 Å². The molecular weight excluding hydrogens is 240 g/mol. The molecule has 0 saturated heterocycles. The molecule has 94 valence electrons. The molecule has 0 aliphatic heterocycles. The van der Waals surface area contributed by atoms with Crippen LogP contribution in [0.5, 0.6) is 0 Å². The first kappa shape index (κ1) is 12.3. The number of hydrogen-bond donors (Lipinski definition) is 3. The van der Waals surface area contributed by atoms with E-state index in [2.05, 4.69) is 4.72 Å². The van der Waals surface area contributed by atoms with Crippen LogP contribution in [0.2, 0.25) is 0 Å². The van der Waals surface area contributed by atoms with Gasteiger partial charge in [0.2, 0.25) is 10.0 Å². The zero-order valence-electron chi connectivity index (χ0n) is 9.55. The van der Waals surface area contributed by atoms with Crippen LogP contribution in [0.3, 0.4) is 0 Å². The first-order valence-electron chi connectivity index (χ1n) is 5.45. The highest BCUT2D eigenvalue weighted by atomic mass is 32.2. The van der Waals surface area contributed by atoms with Crippen molar-refractivity contribution < 1.29 is 13.5 Å². The number of hydrogen-bond acceptors (Lipinski definition) is 4. The Morgan fingerprint density at radius 1 is 1.41 bits per heavy atom. The molecule has 2 rings (SSSR count). The van der Waals surface area contributed by atoms with Crippen LogP contribution in [0, 0.1) is 6.92 Å². The summed E-state index contributed by atoms with van der Waals surface area (Å²) in [5.74, 6) is 0. The van der Waals surface area contributed by atoms with Gasteiger partial charge in [-0.1, -0.05) is 6.07 Å². The van der Waals surface area contributed by atoms with E-state index in [1.165, 1.54) is 6.07 Å². The van der Waals surface area contributed by atoms with Crippen molar-refractivity contribution in [2.24, 2.45) is 0 Å². The number of aliphatic hydroxyl groups is 1. The minimum atomic E-state index is -3.58. The summed E-state index contributed by atoms with van der Waals surface area (Å²) in [7, 11) is -3.58. The summed E-state index contributed by atoms with van der Waals surface area (Å²) in [4.78, 5) is 0.101. The van der Waals surface area contributed by atoms with Crippen molar-refractivity contribution in [1.29, 1.82) is 0 Å². The van der Waals surface area contributed by atoms with E-state index >= 15 is 0 Å². The van der Waals surface area contributed by atoms with Crippen molar-refractivity contribution in [2.75, 3.05) is 5.73 Å². The minimum absolute atomic E-state index is 0.101. The van der Waals surface area contributed by atoms with Crippen molar-refractivity contribution >= 4 is 15.7 Å². The number of aryl methyl sites for hydroxylation is 1. The van der Waals surface area contributed by atoms with Gasteiger partial charge in [-0.25, -0.2) is 13.1 Å². The molecule has 0 unspecified atom stereocenters. The molecule has 0 atom stereocenters. The van der Waals surface area contributed by atoms with Crippen molar-refractivity contribution in [3.05, 3.63) is 23.8 Å². The lowest BCUT2D eigenvalue weighted by Gasteiger charge is -2.31. The predicted molar refractivity (Wildman–Crippen MR) is 64.9 cm³/mol. The molecule has 4 N–H and O–H groups in total. The SMILES string of the molecule is Cc1ccc(S(=O)(=O)NC2CC(O)C2)c(N)c1. The first-order valence-corrected chi connectivity index (χ1v) is 6.93. The van der Waals surface area contributed by atoms with E-state index in [1.807, 2.05) is 6.92 Å². The molecule has 5 nitrogen and oxygen atoms in total. The van der Waals surface area contributed by atoms with Crippen LogP contribution in [0.4, 0.5) is 5.69 Å². The average molecular weight is 256 g/mol. The molecule has 0 aromatic heterocycles. The predicted octanol–water partition coefficient (Wildman–Crippen LogP) is 0.379. The highest BCUT2D eigenvalue weighted by Crippen LogP contribution is 2.24. The Hall–Kier alpha value is -1.11. The van der Waals surface area contributed by atoms with Crippen LogP contribution >= 0.6 is 0 Å². The van der Waals surface area contributed by atoms with E-state index in [0.29, 0.717) is 12.8 Å². The van der Waals surface area contributed by atoms with Crippen molar-refractivity contribution in [3.8, 4) is 0 Å². The first-order chi connectivity index (χ1) is 7.88. The van der Waals surface area contributed by atoms with Gasteiger partial charge < -0.3 is 10.8 Å². The van der Waals surface area contributed by atoms with Crippen LogP contribution in [0.1, 0.15) is 18.4 Å². The lowest BCUT2D eigenvalue weighted by atomic mass is 9.91. The zero-order chi connectivity index (χ0) is 12.6. The van der Waals surface area contributed by atoms with E-state index in [9.17, 15) is 8.42 Å². The van der Waals surface area contributed by atoms with Gasteiger partial charge in [-0.15, -0.1) is 0 Å². The largest absolute Gasteiger partial charge is 0.398 e. The molecule has 0 spiro atoms. The van der Waals surface area contributed by atoms with Crippen molar-refractivity contribution in [3.63, 3.8) is 0 Å². The number of sulfonamides is 1. The van der Waals surface area contributed by atoms with E-state index < -0.39 is 16.1 Å².